The molecule has 1 atom stereocenters. The maximum atomic E-state index is 12.6. The zero-order valence-corrected chi connectivity index (χ0v) is 13.3. The summed E-state index contributed by atoms with van der Waals surface area (Å²) in [6, 6.07) is 5.38. The lowest BCUT2D eigenvalue weighted by atomic mass is 10.1. The van der Waals surface area contributed by atoms with Crippen LogP contribution in [0.1, 0.15) is 41.9 Å². The molecule has 0 aliphatic heterocycles. The van der Waals surface area contributed by atoms with Crippen molar-refractivity contribution in [2.45, 2.75) is 40.2 Å². The largest absolute Gasteiger partial charge is 0.480 e. The molecule has 2 aromatic rings. The van der Waals surface area contributed by atoms with Crippen LogP contribution in [0.3, 0.4) is 0 Å². The van der Waals surface area contributed by atoms with E-state index in [9.17, 15) is 9.59 Å². The van der Waals surface area contributed by atoms with Gasteiger partial charge in [-0.1, -0.05) is 6.92 Å². The number of aliphatic carboxylic acids is 1. The van der Waals surface area contributed by atoms with Crippen molar-refractivity contribution in [3.8, 4) is 0 Å². The minimum Gasteiger partial charge on any atom is -0.480 e. The van der Waals surface area contributed by atoms with Crippen LogP contribution in [-0.4, -0.2) is 34.5 Å². The van der Waals surface area contributed by atoms with Crippen LogP contribution in [0.15, 0.2) is 22.6 Å². The summed E-state index contributed by atoms with van der Waals surface area (Å²) in [5.74, 6) is -1.23. The van der Waals surface area contributed by atoms with E-state index < -0.39 is 5.97 Å². The molecule has 1 N–H and O–H groups in total. The number of carbonyl (C=O) groups is 2. The molecule has 0 saturated carbocycles. The molecule has 1 aromatic heterocycles. The van der Waals surface area contributed by atoms with Gasteiger partial charge in [-0.05, 0) is 56.5 Å². The average Bonchev–Trinajstić information content (AvgIpc) is 2.86. The SMILES string of the molecule is CCC(C)N(CC(=O)O)C(=O)c1cc2cc(C)c(C)cc2o1. The average molecular weight is 303 g/mol. The molecule has 0 fully saturated rings. The molecular weight excluding hydrogens is 282 g/mol. The van der Waals surface area contributed by atoms with Gasteiger partial charge in [-0.25, -0.2) is 0 Å². The Labute approximate surface area is 129 Å². The van der Waals surface area contributed by atoms with E-state index >= 15 is 0 Å². The third-order valence-corrected chi connectivity index (χ3v) is 4.03. The molecule has 0 aliphatic carbocycles. The Kier molecular flexibility index (Phi) is 4.54. The first-order valence-electron chi connectivity index (χ1n) is 7.37. The van der Waals surface area contributed by atoms with Crippen molar-refractivity contribution in [3.05, 3.63) is 35.1 Å². The number of rotatable bonds is 5. The maximum absolute atomic E-state index is 12.6. The van der Waals surface area contributed by atoms with Crippen LogP contribution in [-0.2, 0) is 4.79 Å². The fourth-order valence-corrected chi connectivity index (χ4v) is 2.34. The molecule has 1 heterocycles. The van der Waals surface area contributed by atoms with Crippen molar-refractivity contribution >= 4 is 22.8 Å². The molecule has 1 unspecified atom stereocenters. The molecule has 118 valence electrons. The molecule has 0 bridgehead atoms. The van der Waals surface area contributed by atoms with Crippen LogP contribution in [0.2, 0.25) is 0 Å². The van der Waals surface area contributed by atoms with Gasteiger partial charge in [-0.15, -0.1) is 0 Å². The van der Waals surface area contributed by atoms with Crippen molar-refractivity contribution in [3.63, 3.8) is 0 Å². The highest BCUT2D eigenvalue weighted by Crippen LogP contribution is 2.24. The number of benzene rings is 1. The standard InChI is InChI=1S/C17H21NO4/c1-5-12(4)18(9-16(19)20)17(21)15-8-13-6-10(2)11(3)7-14(13)22-15/h6-8,12H,5,9H2,1-4H3,(H,19,20). The second-order valence-electron chi connectivity index (χ2n) is 5.67. The van der Waals surface area contributed by atoms with E-state index in [2.05, 4.69) is 0 Å². The third-order valence-electron chi connectivity index (χ3n) is 4.03. The number of fused-ring (bicyclic) bond motifs is 1. The zero-order valence-electron chi connectivity index (χ0n) is 13.3. The Morgan fingerprint density at radius 1 is 1.23 bits per heavy atom. The fourth-order valence-electron chi connectivity index (χ4n) is 2.34. The topological polar surface area (TPSA) is 70.8 Å². The first kappa shape index (κ1) is 16.1. The Morgan fingerprint density at radius 3 is 2.45 bits per heavy atom. The number of carboxylic acids is 1. The molecule has 1 amide bonds. The number of carboxylic acid groups (broad SMARTS) is 1. The van der Waals surface area contributed by atoms with Gasteiger partial charge in [0.05, 0.1) is 0 Å². The van der Waals surface area contributed by atoms with Crippen molar-refractivity contribution in [1.29, 1.82) is 0 Å². The van der Waals surface area contributed by atoms with E-state index in [4.69, 9.17) is 9.52 Å². The number of hydrogen-bond acceptors (Lipinski definition) is 3. The lowest BCUT2D eigenvalue weighted by Crippen LogP contribution is -2.41. The summed E-state index contributed by atoms with van der Waals surface area (Å²) in [5.41, 5.74) is 2.85. The Morgan fingerprint density at radius 2 is 1.86 bits per heavy atom. The van der Waals surface area contributed by atoms with Crippen molar-refractivity contribution in [2.75, 3.05) is 6.54 Å². The van der Waals surface area contributed by atoms with Crippen molar-refractivity contribution < 1.29 is 19.1 Å². The van der Waals surface area contributed by atoms with Crippen LogP contribution in [0, 0.1) is 13.8 Å². The van der Waals surface area contributed by atoms with Gasteiger partial charge in [0.15, 0.2) is 5.76 Å². The van der Waals surface area contributed by atoms with Gasteiger partial charge in [-0.3, -0.25) is 9.59 Å². The van der Waals surface area contributed by atoms with Crippen LogP contribution in [0.25, 0.3) is 11.0 Å². The summed E-state index contributed by atoms with van der Waals surface area (Å²) < 4.78 is 5.64. The lowest BCUT2D eigenvalue weighted by Gasteiger charge is -2.25. The first-order valence-corrected chi connectivity index (χ1v) is 7.37. The summed E-state index contributed by atoms with van der Waals surface area (Å²) in [4.78, 5) is 24.9. The number of furan rings is 1. The monoisotopic (exact) mass is 303 g/mol. The van der Waals surface area contributed by atoms with E-state index in [1.807, 2.05) is 39.8 Å². The van der Waals surface area contributed by atoms with Crippen LogP contribution < -0.4 is 0 Å². The molecule has 0 saturated heterocycles. The van der Waals surface area contributed by atoms with Gasteiger partial charge in [0, 0.05) is 11.4 Å². The Balaban J connectivity index is 2.39. The number of carbonyl (C=O) groups excluding carboxylic acids is 1. The minimum absolute atomic E-state index is 0.166. The molecule has 0 spiro atoms. The molecule has 0 aliphatic rings. The van der Waals surface area contributed by atoms with Crippen LogP contribution in [0.4, 0.5) is 0 Å². The summed E-state index contributed by atoms with van der Waals surface area (Å²) in [5, 5.41) is 9.86. The van der Waals surface area contributed by atoms with E-state index in [1.165, 1.54) is 4.90 Å². The number of amides is 1. The summed E-state index contributed by atoms with van der Waals surface area (Å²) in [6.07, 6.45) is 0.678. The second kappa shape index (κ2) is 6.22. The highest BCUT2D eigenvalue weighted by atomic mass is 16.4. The first-order chi connectivity index (χ1) is 10.3. The maximum Gasteiger partial charge on any atom is 0.323 e. The molecule has 5 nitrogen and oxygen atoms in total. The zero-order chi connectivity index (χ0) is 16.4. The highest BCUT2D eigenvalue weighted by molar-refractivity contribution is 5.97. The predicted octanol–water partition coefficient (Wildman–Crippen LogP) is 3.37. The normalized spacial score (nSPS) is 12.4. The van der Waals surface area contributed by atoms with Crippen LogP contribution >= 0.6 is 0 Å². The van der Waals surface area contributed by atoms with E-state index in [-0.39, 0.29) is 24.3 Å². The van der Waals surface area contributed by atoms with Gasteiger partial charge in [0.2, 0.25) is 0 Å². The molecule has 5 heteroatoms. The number of nitrogens with zero attached hydrogens (tertiary/aromatic N) is 1. The number of aryl methyl sites for hydroxylation is 2. The van der Waals surface area contributed by atoms with E-state index in [0.29, 0.717) is 12.0 Å². The van der Waals surface area contributed by atoms with Crippen LogP contribution in [0.5, 0.6) is 0 Å². The number of hydrogen-bond donors (Lipinski definition) is 1. The van der Waals surface area contributed by atoms with Crippen molar-refractivity contribution in [1.82, 2.24) is 4.90 Å². The van der Waals surface area contributed by atoms with Gasteiger partial charge in [0.1, 0.15) is 12.1 Å². The summed E-state index contributed by atoms with van der Waals surface area (Å²) in [6.45, 7) is 7.40. The predicted molar refractivity (Wildman–Crippen MR) is 84.1 cm³/mol. The van der Waals surface area contributed by atoms with Gasteiger partial charge >= 0.3 is 5.97 Å². The molecule has 22 heavy (non-hydrogen) atoms. The van der Waals surface area contributed by atoms with Gasteiger partial charge in [0.25, 0.3) is 5.91 Å². The van der Waals surface area contributed by atoms with Gasteiger partial charge < -0.3 is 14.4 Å². The Hall–Kier alpha value is -2.30. The lowest BCUT2D eigenvalue weighted by molar-refractivity contribution is -0.138. The van der Waals surface area contributed by atoms with Crippen molar-refractivity contribution in [2.24, 2.45) is 0 Å². The fraction of sp³-hybridized carbons (Fsp3) is 0.412. The van der Waals surface area contributed by atoms with Gasteiger partial charge in [-0.2, -0.15) is 0 Å². The minimum atomic E-state index is -1.03. The van der Waals surface area contributed by atoms with E-state index in [1.54, 1.807) is 6.07 Å². The molecular formula is C17H21NO4. The Bertz CT molecular complexity index is 678. The smallest absolute Gasteiger partial charge is 0.323 e. The summed E-state index contributed by atoms with van der Waals surface area (Å²) >= 11 is 0. The third kappa shape index (κ3) is 3.13. The summed E-state index contributed by atoms with van der Waals surface area (Å²) in [7, 11) is 0. The quantitative estimate of drug-likeness (QED) is 0.919. The van der Waals surface area contributed by atoms with E-state index in [0.717, 1.165) is 16.5 Å². The highest BCUT2D eigenvalue weighted by Gasteiger charge is 2.25. The molecule has 1 aromatic carbocycles. The molecule has 2 rings (SSSR count). The second-order valence-corrected chi connectivity index (χ2v) is 5.67. The molecule has 0 radical (unpaired) electrons.